The van der Waals surface area contributed by atoms with Gasteiger partial charge < -0.3 is 10.2 Å². The van der Waals surface area contributed by atoms with Crippen molar-refractivity contribution in [2.75, 3.05) is 24.4 Å². The van der Waals surface area contributed by atoms with E-state index in [2.05, 4.69) is 21.9 Å². The largest absolute Gasteiger partial charge is 0.352 e. The van der Waals surface area contributed by atoms with E-state index in [4.69, 9.17) is 0 Å². The fourth-order valence-electron chi connectivity index (χ4n) is 3.70. The molecule has 2 N–H and O–H groups in total. The Kier molecular flexibility index (Phi) is 8.26. The summed E-state index contributed by atoms with van der Waals surface area (Å²) in [6, 6.07) is 16.3. The van der Waals surface area contributed by atoms with Gasteiger partial charge in [0.25, 0.3) is 15.9 Å². The van der Waals surface area contributed by atoms with Crippen LogP contribution in [-0.2, 0) is 10.0 Å². The van der Waals surface area contributed by atoms with Crippen molar-refractivity contribution in [3.63, 3.8) is 0 Å². The molecule has 1 fully saturated rings. The zero-order valence-corrected chi connectivity index (χ0v) is 18.8. The Morgan fingerprint density at radius 1 is 1.10 bits per heavy atom. The summed E-state index contributed by atoms with van der Waals surface area (Å²) in [5.41, 5.74) is 1.72. The van der Waals surface area contributed by atoms with Gasteiger partial charge in [-0.1, -0.05) is 36.8 Å². The van der Waals surface area contributed by atoms with E-state index < -0.39 is 10.0 Å². The molecule has 1 heterocycles. The molecule has 1 amide bonds. The van der Waals surface area contributed by atoms with Crippen LogP contribution in [0, 0.1) is 0 Å². The van der Waals surface area contributed by atoms with Gasteiger partial charge in [-0.25, -0.2) is 8.42 Å². The Labute approximate surface area is 185 Å². The maximum absolute atomic E-state index is 12.3. The van der Waals surface area contributed by atoms with Crippen LogP contribution in [0.3, 0.4) is 0 Å². The van der Waals surface area contributed by atoms with E-state index in [9.17, 15) is 13.2 Å². The highest BCUT2D eigenvalue weighted by Crippen LogP contribution is 2.16. The van der Waals surface area contributed by atoms with Crippen molar-refractivity contribution in [2.24, 2.45) is 0 Å². The number of benzene rings is 2. The molecule has 7 heteroatoms. The van der Waals surface area contributed by atoms with E-state index in [0.29, 0.717) is 23.8 Å². The van der Waals surface area contributed by atoms with Crippen molar-refractivity contribution in [1.82, 2.24) is 10.2 Å². The molecule has 166 valence electrons. The number of piperidine rings is 1. The molecule has 0 aliphatic carbocycles. The van der Waals surface area contributed by atoms with Crippen molar-refractivity contribution >= 4 is 27.7 Å². The number of carbonyl (C=O) groups excluding carboxylic acids is 1. The minimum Gasteiger partial charge on any atom is -0.352 e. The van der Waals surface area contributed by atoms with Crippen LogP contribution in [0.25, 0.3) is 6.08 Å². The van der Waals surface area contributed by atoms with Crippen molar-refractivity contribution in [3.05, 3.63) is 71.1 Å². The third kappa shape index (κ3) is 7.52. The van der Waals surface area contributed by atoms with Crippen molar-refractivity contribution in [2.45, 2.75) is 38.6 Å². The smallest absolute Gasteiger partial charge is 0.255 e. The van der Waals surface area contributed by atoms with Gasteiger partial charge in [-0.05, 0) is 68.6 Å². The highest BCUT2D eigenvalue weighted by atomic mass is 32.2. The van der Waals surface area contributed by atoms with Crippen LogP contribution in [0.1, 0.15) is 48.5 Å². The van der Waals surface area contributed by atoms with Crippen LogP contribution in [0.2, 0.25) is 0 Å². The molecule has 1 aliphatic rings. The molecule has 0 saturated carbocycles. The van der Waals surface area contributed by atoms with Gasteiger partial charge in [0.2, 0.25) is 0 Å². The second-order valence-corrected chi connectivity index (χ2v) is 9.49. The van der Waals surface area contributed by atoms with Crippen molar-refractivity contribution in [3.8, 4) is 0 Å². The Morgan fingerprint density at radius 2 is 1.84 bits per heavy atom. The number of hydrogen-bond donors (Lipinski definition) is 2. The van der Waals surface area contributed by atoms with Crippen LogP contribution in [0.15, 0.2) is 60.0 Å². The van der Waals surface area contributed by atoms with Gasteiger partial charge in [0, 0.05) is 30.4 Å². The first-order valence-corrected chi connectivity index (χ1v) is 12.4. The first-order valence-electron chi connectivity index (χ1n) is 10.8. The Morgan fingerprint density at radius 3 is 2.55 bits per heavy atom. The lowest BCUT2D eigenvalue weighted by Gasteiger charge is -2.33. The summed E-state index contributed by atoms with van der Waals surface area (Å²) in [4.78, 5) is 14.8. The van der Waals surface area contributed by atoms with E-state index in [-0.39, 0.29) is 5.91 Å². The molecule has 1 saturated heterocycles. The van der Waals surface area contributed by atoms with E-state index in [1.165, 1.54) is 25.3 Å². The molecular weight excluding hydrogens is 410 g/mol. The van der Waals surface area contributed by atoms with E-state index in [1.807, 2.05) is 30.3 Å². The van der Waals surface area contributed by atoms with Gasteiger partial charge >= 0.3 is 0 Å². The summed E-state index contributed by atoms with van der Waals surface area (Å²) in [5.74, 6) is -0.148. The molecular formula is C24H31N3O3S. The Hall–Kier alpha value is -2.64. The average Bonchev–Trinajstić information content (AvgIpc) is 2.77. The first kappa shape index (κ1) is 23.0. The van der Waals surface area contributed by atoms with Crippen LogP contribution < -0.4 is 10.0 Å². The average molecular weight is 442 g/mol. The third-order valence-corrected chi connectivity index (χ3v) is 6.51. The third-order valence-electron chi connectivity index (χ3n) is 5.49. The van der Waals surface area contributed by atoms with Gasteiger partial charge in [0.15, 0.2) is 0 Å². The van der Waals surface area contributed by atoms with Crippen molar-refractivity contribution < 1.29 is 13.2 Å². The zero-order valence-electron chi connectivity index (χ0n) is 18.0. The van der Waals surface area contributed by atoms with Gasteiger partial charge in [-0.2, -0.15) is 0 Å². The lowest BCUT2D eigenvalue weighted by Crippen LogP contribution is -2.39. The van der Waals surface area contributed by atoms with Gasteiger partial charge in [0.05, 0.1) is 5.41 Å². The standard InChI is InChI=1S/C24H31N3O3S/c1-20-8-5-6-17-27(20)18-7-16-25-24(28)22-11-13-23(14-12-22)26-31(29,30)19-15-21-9-3-2-4-10-21/h2-4,9-15,19-20,26H,5-8,16-18H2,1H3,(H,25,28). The van der Waals surface area contributed by atoms with Crippen LogP contribution in [0.5, 0.6) is 0 Å². The van der Waals surface area contributed by atoms with Gasteiger partial charge in [0.1, 0.15) is 0 Å². The SMILES string of the molecule is CC1CCCCN1CCCNC(=O)c1ccc(NS(=O)(=O)C=Cc2ccccc2)cc1. The summed E-state index contributed by atoms with van der Waals surface area (Å²) in [7, 11) is -3.63. The number of hydrogen-bond acceptors (Lipinski definition) is 4. The molecule has 6 nitrogen and oxygen atoms in total. The number of anilines is 1. The second kappa shape index (κ2) is 11.1. The quantitative estimate of drug-likeness (QED) is 0.575. The highest BCUT2D eigenvalue weighted by molar-refractivity contribution is 7.95. The second-order valence-electron chi connectivity index (χ2n) is 7.93. The topological polar surface area (TPSA) is 78.5 Å². The molecule has 3 rings (SSSR count). The molecule has 1 unspecified atom stereocenters. The Bertz CT molecular complexity index is 973. The maximum atomic E-state index is 12.3. The summed E-state index contributed by atoms with van der Waals surface area (Å²) < 4.78 is 27.0. The zero-order chi connectivity index (χ0) is 22.1. The molecule has 2 aromatic rings. The number of sulfonamides is 1. The molecule has 0 bridgehead atoms. The predicted molar refractivity (Wildman–Crippen MR) is 126 cm³/mol. The van der Waals surface area contributed by atoms with Crippen LogP contribution >= 0.6 is 0 Å². The first-order chi connectivity index (χ1) is 14.9. The lowest BCUT2D eigenvalue weighted by atomic mass is 10.0. The maximum Gasteiger partial charge on any atom is 0.255 e. The fourth-order valence-corrected chi connectivity index (χ4v) is 4.57. The highest BCUT2D eigenvalue weighted by Gasteiger charge is 2.17. The Balaban J connectivity index is 1.45. The number of likely N-dealkylation sites (tertiary alicyclic amines) is 1. The summed E-state index contributed by atoms with van der Waals surface area (Å²) in [6.45, 7) is 5.04. The molecule has 31 heavy (non-hydrogen) atoms. The number of amides is 1. The molecule has 1 atom stereocenters. The lowest BCUT2D eigenvalue weighted by molar-refractivity contribution is 0.0949. The normalized spacial score (nSPS) is 17.5. The molecule has 0 spiro atoms. The summed E-state index contributed by atoms with van der Waals surface area (Å²) >= 11 is 0. The number of carbonyl (C=O) groups is 1. The monoisotopic (exact) mass is 441 g/mol. The van der Waals surface area contributed by atoms with E-state index in [1.54, 1.807) is 24.3 Å². The summed E-state index contributed by atoms with van der Waals surface area (Å²) in [6.07, 6.45) is 6.28. The van der Waals surface area contributed by atoms with E-state index in [0.717, 1.165) is 30.5 Å². The predicted octanol–water partition coefficient (Wildman–Crippen LogP) is 4.09. The minimum absolute atomic E-state index is 0.148. The summed E-state index contributed by atoms with van der Waals surface area (Å²) in [5, 5.41) is 4.08. The molecule has 0 radical (unpaired) electrons. The van der Waals surface area contributed by atoms with E-state index >= 15 is 0 Å². The number of nitrogens with zero attached hydrogens (tertiary/aromatic N) is 1. The molecule has 1 aliphatic heterocycles. The number of nitrogens with one attached hydrogen (secondary N) is 2. The molecule has 0 aromatic heterocycles. The van der Waals surface area contributed by atoms with Gasteiger partial charge in [-0.15, -0.1) is 0 Å². The van der Waals surface area contributed by atoms with Crippen molar-refractivity contribution in [1.29, 1.82) is 0 Å². The van der Waals surface area contributed by atoms with Crippen LogP contribution in [0.4, 0.5) is 5.69 Å². The minimum atomic E-state index is -3.63. The number of rotatable bonds is 9. The fraction of sp³-hybridized carbons (Fsp3) is 0.375. The molecule has 2 aromatic carbocycles. The van der Waals surface area contributed by atoms with Gasteiger partial charge in [-0.3, -0.25) is 9.52 Å². The van der Waals surface area contributed by atoms with Crippen LogP contribution in [-0.4, -0.2) is 44.9 Å².